The van der Waals surface area contributed by atoms with E-state index in [1.807, 2.05) is 50.4 Å². The van der Waals surface area contributed by atoms with Crippen LogP contribution >= 0.6 is 11.6 Å². The molecule has 0 radical (unpaired) electrons. The average Bonchev–Trinajstić information content (AvgIpc) is 3.21. The molecule has 2 aromatic heterocycles. The summed E-state index contributed by atoms with van der Waals surface area (Å²) in [6, 6.07) is 13.4. The van der Waals surface area contributed by atoms with E-state index < -0.39 is 5.91 Å². The summed E-state index contributed by atoms with van der Waals surface area (Å²) in [6.07, 6.45) is 3.74. The number of halogens is 1. The smallest absolute Gasteiger partial charge is 0.266 e. The summed E-state index contributed by atoms with van der Waals surface area (Å²) in [4.78, 5) is 23.4. The third-order valence-corrected chi connectivity index (χ3v) is 5.84. The number of nitrogens with one attached hydrogen (secondary N) is 2. The lowest BCUT2D eigenvalue weighted by atomic mass is 10.1. The van der Waals surface area contributed by atoms with Crippen molar-refractivity contribution in [2.75, 3.05) is 45.0 Å². The van der Waals surface area contributed by atoms with E-state index in [2.05, 4.69) is 38.9 Å². The molecule has 1 amide bonds. The number of carbonyl (C=O) groups is 1. The molecule has 0 saturated carbocycles. The first kappa shape index (κ1) is 26.0. The van der Waals surface area contributed by atoms with Crippen molar-refractivity contribution >= 4 is 45.7 Å². The summed E-state index contributed by atoms with van der Waals surface area (Å²) in [6.45, 7) is 4.59. The third kappa shape index (κ3) is 6.02. The van der Waals surface area contributed by atoms with Crippen LogP contribution in [-0.2, 0) is 11.8 Å². The van der Waals surface area contributed by atoms with E-state index in [-0.39, 0.29) is 5.03 Å². The maximum atomic E-state index is 12.3. The minimum Gasteiger partial charge on any atom is -0.494 e. The number of benzene rings is 2. The van der Waals surface area contributed by atoms with Gasteiger partial charge >= 0.3 is 0 Å². The first-order valence-electron chi connectivity index (χ1n) is 11.6. The van der Waals surface area contributed by atoms with E-state index in [9.17, 15) is 4.79 Å². The van der Waals surface area contributed by atoms with Gasteiger partial charge in [0.15, 0.2) is 0 Å². The maximum Gasteiger partial charge on any atom is 0.266 e. The lowest BCUT2D eigenvalue weighted by Gasteiger charge is -2.18. The Kier molecular flexibility index (Phi) is 7.95. The van der Waals surface area contributed by atoms with E-state index in [4.69, 9.17) is 26.1 Å². The molecule has 0 spiro atoms. The molecule has 37 heavy (non-hydrogen) atoms. The van der Waals surface area contributed by atoms with Crippen LogP contribution in [0.25, 0.3) is 22.2 Å². The molecule has 0 aliphatic rings. The molecule has 2 aromatic carbocycles. The van der Waals surface area contributed by atoms with Gasteiger partial charge in [0.1, 0.15) is 18.1 Å². The van der Waals surface area contributed by atoms with Crippen LogP contribution in [0.2, 0.25) is 0 Å². The highest BCUT2D eigenvalue weighted by atomic mass is 35.5. The second kappa shape index (κ2) is 11.3. The first-order valence-corrected chi connectivity index (χ1v) is 11.9. The number of aryl methyl sites for hydroxylation is 1. The van der Waals surface area contributed by atoms with Gasteiger partial charge in [0.05, 0.1) is 29.2 Å². The molecule has 0 saturated heterocycles. The molecule has 0 bridgehead atoms. The molecule has 0 aliphatic heterocycles. The maximum absolute atomic E-state index is 12.3. The Labute approximate surface area is 220 Å². The number of nitrogens with zero attached hydrogens (tertiary/aromatic N) is 4. The van der Waals surface area contributed by atoms with E-state index in [1.165, 1.54) is 0 Å². The third-order valence-electron chi connectivity index (χ3n) is 5.67. The summed E-state index contributed by atoms with van der Waals surface area (Å²) in [5.74, 6) is 0.746. The standard InChI is InChI=1S/C27H29ClN6O3/c1-17(28)26(35)30-22-14-21(24(36-5)15-25(22)37-13-12-33(2)3)32-27-29-11-10-20(31-27)19-16-34(4)23-9-7-6-8-18(19)23/h6-11,14-16H,1,12-13H2,2-5H3,(H,30,35)(H,29,31,32). The zero-order valence-corrected chi connectivity index (χ0v) is 22.0. The first-order chi connectivity index (χ1) is 17.8. The number of para-hydroxylation sites is 1. The van der Waals surface area contributed by atoms with Gasteiger partial charge in [0, 0.05) is 48.5 Å². The lowest BCUT2D eigenvalue weighted by molar-refractivity contribution is -0.112. The number of aromatic nitrogens is 3. The van der Waals surface area contributed by atoms with Crippen LogP contribution in [0.15, 0.2) is 66.5 Å². The number of rotatable bonds is 10. The van der Waals surface area contributed by atoms with Crippen LogP contribution < -0.4 is 20.1 Å². The van der Waals surface area contributed by atoms with Gasteiger partial charge < -0.3 is 29.6 Å². The number of anilines is 3. The quantitative estimate of drug-likeness (QED) is 0.284. The van der Waals surface area contributed by atoms with E-state index >= 15 is 0 Å². The van der Waals surface area contributed by atoms with E-state index in [0.29, 0.717) is 42.0 Å². The van der Waals surface area contributed by atoms with Crippen molar-refractivity contribution in [2.24, 2.45) is 7.05 Å². The Balaban J connectivity index is 1.68. The largest absolute Gasteiger partial charge is 0.494 e. The van der Waals surface area contributed by atoms with Crippen molar-refractivity contribution in [3.8, 4) is 22.8 Å². The monoisotopic (exact) mass is 520 g/mol. The second-order valence-electron chi connectivity index (χ2n) is 8.62. The van der Waals surface area contributed by atoms with Crippen molar-refractivity contribution in [3.05, 3.63) is 66.5 Å². The zero-order valence-electron chi connectivity index (χ0n) is 21.2. The Bertz CT molecular complexity index is 1450. The molecule has 2 N–H and O–H groups in total. The van der Waals surface area contributed by atoms with Gasteiger partial charge in [-0.3, -0.25) is 4.79 Å². The highest BCUT2D eigenvalue weighted by Crippen LogP contribution is 2.38. The molecule has 0 atom stereocenters. The van der Waals surface area contributed by atoms with Crippen LogP contribution in [0.3, 0.4) is 0 Å². The molecule has 4 rings (SSSR count). The van der Waals surface area contributed by atoms with Crippen molar-refractivity contribution in [1.82, 2.24) is 19.4 Å². The van der Waals surface area contributed by atoms with Gasteiger partial charge in [0.2, 0.25) is 5.95 Å². The number of hydrogen-bond donors (Lipinski definition) is 2. The fourth-order valence-electron chi connectivity index (χ4n) is 3.81. The highest BCUT2D eigenvalue weighted by molar-refractivity contribution is 6.43. The van der Waals surface area contributed by atoms with Crippen LogP contribution in [0.4, 0.5) is 17.3 Å². The number of likely N-dealkylation sites (N-methyl/N-ethyl adjacent to an activating group) is 1. The van der Waals surface area contributed by atoms with Gasteiger partial charge in [0.25, 0.3) is 5.91 Å². The molecule has 2 heterocycles. The number of hydrogen-bond acceptors (Lipinski definition) is 7. The van der Waals surface area contributed by atoms with Gasteiger partial charge in [-0.2, -0.15) is 0 Å². The lowest BCUT2D eigenvalue weighted by Crippen LogP contribution is -2.20. The number of carbonyl (C=O) groups excluding carboxylic acids is 1. The predicted octanol–water partition coefficient (Wildman–Crippen LogP) is 5.02. The van der Waals surface area contributed by atoms with Crippen molar-refractivity contribution < 1.29 is 14.3 Å². The fourth-order valence-corrected chi connectivity index (χ4v) is 3.86. The molecule has 0 aliphatic carbocycles. The van der Waals surface area contributed by atoms with Crippen LogP contribution in [0.1, 0.15) is 0 Å². The molecule has 0 unspecified atom stereocenters. The molecular formula is C27H29ClN6O3. The van der Waals surface area contributed by atoms with Gasteiger partial charge in [-0.05, 0) is 32.3 Å². The second-order valence-corrected chi connectivity index (χ2v) is 9.08. The number of ether oxygens (including phenoxy) is 2. The zero-order chi connectivity index (χ0) is 26.5. The summed E-state index contributed by atoms with van der Waals surface area (Å²) in [5, 5.41) is 6.90. The molecule has 4 aromatic rings. The number of amides is 1. The number of fused-ring (bicyclic) bond motifs is 1. The van der Waals surface area contributed by atoms with E-state index in [0.717, 1.165) is 22.2 Å². The van der Waals surface area contributed by atoms with Crippen molar-refractivity contribution in [1.29, 1.82) is 0 Å². The summed E-state index contributed by atoms with van der Waals surface area (Å²) in [5.41, 5.74) is 3.81. The minimum atomic E-state index is -0.538. The Morgan fingerprint density at radius 1 is 1.16 bits per heavy atom. The predicted molar refractivity (Wildman–Crippen MR) is 148 cm³/mol. The van der Waals surface area contributed by atoms with Crippen LogP contribution in [-0.4, -0.2) is 59.7 Å². The molecule has 192 valence electrons. The van der Waals surface area contributed by atoms with Gasteiger partial charge in [-0.15, -0.1) is 0 Å². The Hall–Kier alpha value is -4.08. The topological polar surface area (TPSA) is 93.5 Å². The van der Waals surface area contributed by atoms with E-state index in [1.54, 1.807) is 25.4 Å². The highest BCUT2D eigenvalue weighted by Gasteiger charge is 2.17. The Morgan fingerprint density at radius 3 is 2.68 bits per heavy atom. The average molecular weight is 521 g/mol. The Morgan fingerprint density at radius 2 is 1.95 bits per heavy atom. The van der Waals surface area contributed by atoms with Crippen molar-refractivity contribution in [3.63, 3.8) is 0 Å². The normalized spacial score (nSPS) is 11.0. The SMILES string of the molecule is C=C(Cl)C(=O)Nc1cc(Nc2nccc(-c3cn(C)c4ccccc34)n2)c(OC)cc1OCCN(C)C. The summed E-state index contributed by atoms with van der Waals surface area (Å²) >= 11 is 5.81. The van der Waals surface area contributed by atoms with Crippen molar-refractivity contribution in [2.45, 2.75) is 0 Å². The summed E-state index contributed by atoms with van der Waals surface area (Å²) < 4.78 is 13.6. The fraction of sp³-hybridized carbons (Fsp3) is 0.222. The van der Waals surface area contributed by atoms with Crippen LogP contribution in [0, 0.1) is 0 Å². The van der Waals surface area contributed by atoms with Gasteiger partial charge in [-0.25, -0.2) is 9.97 Å². The summed E-state index contributed by atoms with van der Waals surface area (Å²) in [7, 11) is 7.45. The van der Waals surface area contributed by atoms with Crippen LogP contribution in [0.5, 0.6) is 11.5 Å². The molecule has 0 fully saturated rings. The minimum absolute atomic E-state index is 0.143. The molecular weight excluding hydrogens is 492 g/mol. The molecule has 9 nitrogen and oxygen atoms in total. The number of methoxy groups -OCH3 is 1. The van der Waals surface area contributed by atoms with Gasteiger partial charge in [-0.1, -0.05) is 36.4 Å². The molecule has 10 heteroatoms.